The number of nitrogens with zero attached hydrogens (tertiary/aromatic N) is 4. The Morgan fingerprint density at radius 1 is 1.47 bits per heavy atom. The van der Waals surface area contributed by atoms with Crippen LogP contribution in [-0.2, 0) is 12.3 Å². The molecule has 0 atom stereocenters. The molecule has 0 bridgehead atoms. The molecule has 0 aromatic carbocycles. The Bertz CT molecular complexity index is 517. The summed E-state index contributed by atoms with van der Waals surface area (Å²) in [5.41, 5.74) is 0.893. The Balaban J connectivity index is 2.06. The SMILES string of the molecule is C=CCn1c(C)nnc1SCc1cc(C)no1. The Morgan fingerprint density at radius 2 is 2.29 bits per heavy atom. The molecule has 6 heteroatoms. The Kier molecular flexibility index (Phi) is 3.63. The molecule has 0 aliphatic heterocycles. The third kappa shape index (κ3) is 2.76. The van der Waals surface area contributed by atoms with Gasteiger partial charge >= 0.3 is 0 Å². The van der Waals surface area contributed by atoms with Gasteiger partial charge in [-0.3, -0.25) is 0 Å². The van der Waals surface area contributed by atoms with Crippen LogP contribution in [0.5, 0.6) is 0 Å². The molecule has 2 heterocycles. The number of rotatable bonds is 5. The van der Waals surface area contributed by atoms with E-state index in [0.29, 0.717) is 5.75 Å². The zero-order chi connectivity index (χ0) is 12.3. The molecule has 0 N–H and O–H groups in total. The number of thioether (sulfide) groups is 1. The van der Waals surface area contributed by atoms with Gasteiger partial charge in [-0.1, -0.05) is 23.0 Å². The monoisotopic (exact) mass is 250 g/mol. The van der Waals surface area contributed by atoms with Crippen LogP contribution in [0.25, 0.3) is 0 Å². The van der Waals surface area contributed by atoms with Gasteiger partial charge in [-0.2, -0.15) is 0 Å². The van der Waals surface area contributed by atoms with Gasteiger partial charge in [-0.05, 0) is 13.8 Å². The fraction of sp³-hybridized carbons (Fsp3) is 0.364. The zero-order valence-electron chi connectivity index (χ0n) is 9.88. The van der Waals surface area contributed by atoms with Crippen LogP contribution in [0.2, 0.25) is 0 Å². The van der Waals surface area contributed by atoms with Crippen molar-refractivity contribution in [2.75, 3.05) is 0 Å². The molecule has 0 aliphatic rings. The van der Waals surface area contributed by atoms with Gasteiger partial charge in [-0.25, -0.2) is 0 Å². The highest BCUT2D eigenvalue weighted by atomic mass is 32.2. The number of hydrogen-bond donors (Lipinski definition) is 0. The predicted octanol–water partition coefficient (Wildman–Crippen LogP) is 2.36. The maximum atomic E-state index is 5.14. The van der Waals surface area contributed by atoms with E-state index in [4.69, 9.17) is 4.52 Å². The standard InChI is InChI=1S/C11H14N4OS/c1-4-5-15-9(3)12-13-11(15)17-7-10-6-8(2)14-16-10/h4,6H,1,5,7H2,2-3H3. The molecule has 0 spiro atoms. The average Bonchev–Trinajstić information content (AvgIpc) is 2.86. The van der Waals surface area contributed by atoms with Crippen LogP contribution in [0.4, 0.5) is 0 Å². The first-order valence-corrected chi connectivity index (χ1v) is 6.25. The van der Waals surface area contributed by atoms with Crippen molar-refractivity contribution in [3.05, 3.63) is 36.0 Å². The van der Waals surface area contributed by atoms with Gasteiger partial charge in [-0.15, -0.1) is 16.8 Å². The molecule has 17 heavy (non-hydrogen) atoms. The second kappa shape index (κ2) is 5.18. The molecule has 5 nitrogen and oxygen atoms in total. The lowest BCUT2D eigenvalue weighted by atomic mass is 10.4. The van der Waals surface area contributed by atoms with Gasteiger partial charge in [0.15, 0.2) is 5.16 Å². The molecule has 2 aromatic heterocycles. The molecule has 0 aliphatic carbocycles. The molecule has 2 aromatic rings. The normalized spacial score (nSPS) is 10.7. The minimum Gasteiger partial charge on any atom is -0.360 e. The van der Waals surface area contributed by atoms with E-state index >= 15 is 0 Å². The summed E-state index contributed by atoms with van der Waals surface area (Å²) in [5.74, 6) is 2.44. The van der Waals surface area contributed by atoms with Gasteiger partial charge in [0.05, 0.1) is 11.4 Å². The first-order valence-electron chi connectivity index (χ1n) is 5.26. The Hall–Kier alpha value is -1.56. The topological polar surface area (TPSA) is 56.7 Å². The average molecular weight is 250 g/mol. The summed E-state index contributed by atoms with van der Waals surface area (Å²) >= 11 is 1.58. The van der Waals surface area contributed by atoms with Gasteiger partial charge in [0.2, 0.25) is 0 Å². The molecule has 0 saturated carbocycles. The van der Waals surface area contributed by atoms with Crippen molar-refractivity contribution in [1.82, 2.24) is 19.9 Å². The first-order chi connectivity index (χ1) is 8.20. The summed E-state index contributed by atoms with van der Waals surface area (Å²) in [6, 6.07) is 1.92. The smallest absolute Gasteiger partial charge is 0.191 e. The van der Waals surface area contributed by atoms with Gasteiger partial charge < -0.3 is 9.09 Å². The van der Waals surface area contributed by atoms with Crippen LogP contribution in [-0.4, -0.2) is 19.9 Å². The minimum absolute atomic E-state index is 0.704. The van der Waals surface area contributed by atoms with Crippen molar-refractivity contribution in [2.45, 2.75) is 31.3 Å². The summed E-state index contributed by atoms with van der Waals surface area (Å²) < 4.78 is 7.16. The van der Waals surface area contributed by atoms with Crippen LogP contribution in [0, 0.1) is 13.8 Å². The second-order valence-electron chi connectivity index (χ2n) is 3.65. The quantitative estimate of drug-likeness (QED) is 0.602. The Labute approximate surface area is 104 Å². The predicted molar refractivity (Wildman–Crippen MR) is 65.8 cm³/mol. The van der Waals surface area contributed by atoms with Crippen LogP contribution < -0.4 is 0 Å². The highest BCUT2D eigenvalue weighted by Crippen LogP contribution is 2.22. The zero-order valence-corrected chi connectivity index (χ0v) is 10.7. The summed E-state index contributed by atoms with van der Waals surface area (Å²) in [5, 5.41) is 12.9. The van der Waals surface area contributed by atoms with Crippen molar-refractivity contribution in [1.29, 1.82) is 0 Å². The number of hydrogen-bond acceptors (Lipinski definition) is 5. The molecule has 0 radical (unpaired) electrons. The van der Waals surface area contributed by atoms with Crippen LogP contribution in [0.3, 0.4) is 0 Å². The third-order valence-electron chi connectivity index (χ3n) is 2.23. The van der Waals surface area contributed by atoms with Crippen LogP contribution >= 0.6 is 11.8 Å². The van der Waals surface area contributed by atoms with E-state index in [1.54, 1.807) is 11.8 Å². The maximum absolute atomic E-state index is 5.14. The van der Waals surface area contributed by atoms with Gasteiger partial charge in [0.25, 0.3) is 0 Å². The van der Waals surface area contributed by atoms with Crippen molar-refractivity contribution >= 4 is 11.8 Å². The Morgan fingerprint density at radius 3 is 2.94 bits per heavy atom. The first kappa shape index (κ1) is 11.9. The summed E-state index contributed by atoms with van der Waals surface area (Å²) in [4.78, 5) is 0. The summed E-state index contributed by atoms with van der Waals surface area (Å²) in [7, 11) is 0. The molecular weight excluding hydrogens is 236 g/mol. The summed E-state index contributed by atoms with van der Waals surface area (Å²) in [6.07, 6.45) is 1.83. The van der Waals surface area contributed by atoms with E-state index in [0.717, 1.165) is 29.0 Å². The summed E-state index contributed by atoms with van der Waals surface area (Å²) in [6.45, 7) is 8.28. The lowest BCUT2D eigenvalue weighted by Gasteiger charge is -2.03. The molecule has 0 saturated heterocycles. The van der Waals surface area contributed by atoms with Crippen molar-refractivity contribution in [3.63, 3.8) is 0 Å². The molecule has 2 rings (SSSR count). The van der Waals surface area contributed by atoms with Crippen molar-refractivity contribution < 1.29 is 4.52 Å². The van der Waals surface area contributed by atoms with E-state index in [1.807, 2.05) is 30.6 Å². The lowest BCUT2D eigenvalue weighted by Crippen LogP contribution is -1.99. The van der Waals surface area contributed by atoms with E-state index in [1.165, 1.54) is 0 Å². The third-order valence-corrected chi connectivity index (χ3v) is 3.22. The number of aryl methyl sites for hydroxylation is 2. The van der Waals surface area contributed by atoms with E-state index < -0.39 is 0 Å². The second-order valence-corrected chi connectivity index (χ2v) is 4.59. The lowest BCUT2D eigenvalue weighted by molar-refractivity contribution is 0.391. The van der Waals surface area contributed by atoms with Gasteiger partial charge in [0.1, 0.15) is 11.6 Å². The largest absolute Gasteiger partial charge is 0.360 e. The molecule has 0 unspecified atom stereocenters. The molecule has 0 amide bonds. The molecular formula is C11H14N4OS. The van der Waals surface area contributed by atoms with E-state index in [-0.39, 0.29) is 0 Å². The number of aromatic nitrogens is 4. The van der Waals surface area contributed by atoms with Crippen molar-refractivity contribution in [3.8, 4) is 0 Å². The van der Waals surface area contributed by atoms with E-state index in [9.17, 15) is 0 Å². The highest BCUT2D eigenvalue weighted by Gasteiger charge is 2.09. The molecule has 0 fully saturated rings. The van der Waals surface area contributed by atoms with Gasteiger partial charge in [0, 0.05) is 12.6 Å². The fourth-order valence-corrected chi connectivity index (χ4v) is 2.30. The number of allylic oxidation sites excluding steroid dienone is 1. The molecule has 90 valence electrons. The fourth-order valence-electron chi connectivity index (χ4n) is 1.43. The van der Waals surface area contributed by atoms with E-state index in [2.05, 4.69) is 21.9 Å². The minimum atomic E-state index is 0.704. The van der Waals surface area contributed by atoms with Crippen molar-refractivity contribution in [2.24, 2.45) is 0 Å². The maximum Gasteiger partial charge on any atom is 0.191 e. The van der Waals surface area contributed by atoms with Crippen LogP contribution in [0.1, 0.15) is 17.3 Å². The van der Waals surface area contributed by atoms with Crippen LogP contribution in [0.15, 0.2) is 28.4 Å². The highest BCUT2D eigenvalue weighted by molar-refractivity contribution is 7.98.